The summed E-state index contributed by atoms with van der Waals surface area (Å²) in [4.78, 5) is 27.4. The quantitative estimate of drug-likeness (QED) is 0.328. The van der Waals surface area contributed by atoms with Crippen molar-refractivity contribution in [2.75, 3.05) is 54.1 Å². The van der Waals surface area contributed by atoms with E-state index in [1.807, 2.05) is 20.0 Å². The fourth-order valence-corrected chi connectivity index (χ4v) is 4.87. The first-order chi connectivity index (χ1) is 20.2. The van der Waals surface area contributed by atoms with E-state index in [0.29, 0.717) is 47.5 Å². The standard InChI is InChI=1S/C30H38FN5O6/c1-19-28(40-4)18-41-27(17-33-19)29(37)34-23(16-32)13-22-6-5-20(14-24(22)31)21-7-8-26-25(15-21)36(30(38)42-26)10-9-35(2)11-12-39-3/h5-8,14-15,19,23,27-28,33H,9-13,17-18H2,1-4H3,(H,34,37)/t19-,23-,27-,28-/m0/s1. The zero-order chi connectivity index (χ0) is 30.2. The molecule has 0 aliphatic carbocycles. The van der Waals surface area contributed by atoms with E-state index in [-0.39, 0.29) is 31.7 Å². The highest BCUT2D eigenvalue weighted by atomic mass is 19.1. The van der Waals surface area contributed by atoms with Gasteiger partial charge < -0.3 is 34.2 Å². The van der Waals surface area contributed by atoms with Crippen LogP contribution in [0.4, 0.5) is 4.39 Å². The lowest BCUT2D eigenvalue weighted by molar-refractivity contribution is -0.133. The topological polar surface area (TPSA) is 131 Å². The predicted molar refractivity (Wildman–Crippen MR) is 154 cm³/mol. The summed E-state index contributed by atoms with van der Waals surface area (Å²) >= 11 is 0. The Kier molecular flexibility index (Phi) is 10.8. The number of hydrogen-bond donors (Lipinski definition) is 2. The summed E-state index contributed by atoms with van der Waals surface area (Å²) in [7, 11) is 5.17. The molecule has 11 nitrogen and oxygen atoms in total. The highest BCUT2D eigenvalue weighted by molar-refractivity contribution is 5.82. The SMILES string of the molecule is COCCN(C)CCn1c(=O)oc2ccc(-c3ccc(C[C@@H](C#N)NC(=O)[C@@H]4CN[C@@H](C)[C@@H](OC)CO4)c(F)c3)cc21. The third kappa shape index (κ3) is 7.61. The van der Waals surface area contributed by atoms with Crippen LogP contribution in [0.5, 0.6) is 0 Å². The number of nitrogens with zero attached hydrogens (tertiary/aromatic N) is 3. The number of aromatic nitrogens is 1. The zero-order valence-electron chi connectivity index (χ0n) is 24.4. The number of ether oxygens (including phenoxy) is 3. The molecule has 0 saturated carbocycles. The van der Waals surface area contributed by atoms with E-state index >= 15 is 4.39 Å². The summed E-state index contributed by atoms with van der Waals surface area (Å²) < 4.78 is 38.4. The van der Waals surface area contributed by atoms with Crippen LogP contribution >= 0.6 is 0 Å². The van der Waals surface area contributed by atoms with E-state index in [1.165, 1.54) is 6.07 Å². The second kappa shape index (κ2) is 14.5. The minimum Gasteiger partial charge on any atom is -0.408 e. The number of hydrogen-bond acceptors (Lipinski definition) is 9. The third-order valence-electron chi connectivity index (χ3n) is 7.57. The van der Waals surface area contributed by atoms with E-state index in [0.717, 1.165) is 6.54 Å². The van der Waals surface area contributed by atoms with Crippen LogP contribution < -0.4 is 16.4 Å². The number of likely N-dealkylation sites (N-methyl/N-ethyl adjacent to an activating group) is 1. The molecule has 1 aromatic heterocycles. The first-order valence-electron chi connectivity index (χ1n) is 13.9. The Balaban J connectivity index is 1.44. The van der Waals surface area contributed by atoms with Gasteiger partial charge in [-0.15, -0.1) is 0 Å². The smallest absolute Gasteiger partial charge is 0.408 e. The lowest BCUT2D eigenvalue weighted by atomic mass is 10.00. The summed E-state index contributed by atoms with van der Waals surface area (Å²) in [6, 6.07) is 11.1. The number of amides is 1. The highest BCUT2D eigenvalue weighted by Gasteiger charge is 2.29. The molecule has 42 heavy (non-hydrogen) atoms. The predicted octanol–water partition coefficient (Wildman–Crippen LogP) is 1.92. The minimum atomic E-state index is -0.945. The van der Waals surface area contributed by atoms with Crippen molar-refractivity contribution in [2.24, 2.45) is 0 Å². The van der Waals surface area contributed by atoms with Gasteiger partial charge in [-0.1, -0.05) is 18.2 Å². The van der Waals surface area contributed by atoms with E-state index in [2.05, 4.69) is 15.5 Å². The first kappa shape index (κ1) is 31.3. The Bertz CT molecular complexity index is 1470. The summed E-state index contributed by atoms with van der Waals surface area (Å²) in [5.74, 6) is -1.40. The number of fused-ring (bicyclic) bond motifs is 1. The van der Waals surface area contributed by atoms with Crippen molar-refractivity contribution in [3.8, 4) is 17.2 Å². The molecule has 1 saturated heterocycles. The van der Waals surface area contributed by atoms with Crippen molar-refractivity contribution in [3.05, 3.63) is 58.3 Å². The highest BCUT2D eigenvalue weighted by Crippen LogP contribution is 2.26. The molecule has 12 heteroatoms. The number of rotatable bonds is 12. The zero-order valence-corrected chi connectivity index (χ0v) is 24.4. The van der Waals surface area contributed by atoms with Crippen molar-refractivity contribution >= 4 is 17.0 Å². The fourth-order valence-electron chi connectivity index (χ4n) is 4.87. The van der Waals surface area contributed by atoms with E-state index in [4.69, 9.17) is 18.6 Å². The molecule has 0 radical (unpaired) electrons. The van der Waals surface area contributed by atoms with Gasteiger partial charge in [0.15, 0.2) is 5.58 Å². The molecule has 1 aliphatic heterocycles. The molecule has 226 valence electrons. The van der Waals surface area contributed by atoms with Crippen molar-refractivity contribution in [2.45, 2.75) is 44.2 Å². The molecule has 1 fully saturated rings. The molecule has 0 spiro atoms. The number of methoxy groups -OCH3 is 2. The van der Waals surface area contributed by atoms with Crippen molar-refractivity contribution in [3.63, 3.8) is 0 Å². The molecular weight excluding hydrogens is 545 g/mol. The number of benzene rings is 2. The van der Waals surface area contributed by atoms with Gasteiger partial charge >= 0.3 is 5.76 Å². The van der Waals surface area contributed by atoms with Gasteiger partial charge in [0.25, 0.3) is 5.91 Å². The molecule has 1 aliphatic rings. The van der Waals surface area contributed by atoms with Crippen molar-refractivity contribution in [1.82, 2.24) is 20.1 Å². The molecule has 2 heterocycles. The van der Waals surface area contributed by atoms with Crippen LogP contribution in [0, 0.1) is 17.1 Å². The Morgan fingerprint density at radius 2 is 2.02 bits per heavy atom. The third-order valence-corrected chi connectivity index (χ3v) is 7.57. The lowest BCUT2D eigenvalue weighted by Gasteiger charge is -2.19. The number of carbonyl (C=O) groups is 1. The molecule has 2 N–H and O–H groups in total. The summed E-state index contributed by atoms with van der Waals surface area (Å²) in [6.07, 6.45) is -1.00. The number of oxazole rings is 1. The molecule has 2 aromatic carbocycles. The van der Waals surface area contributed by atoms with Gasteiger partial charge in [-0.2, -0.15) is 5.26 Å². The largest absolute Gasteiger partial charge is 0.419 e. The number of halogens is 1. The monoisotopic (exact) mass is 583 g/mol. The van der Waals surface area contributed by atoms with Gasteiger partial charge in [-0.3, -0.25) is 9.36 Å². The van der Waals surface area contributed by atoms with Crippen LogP contribution in [0.2, 0.25) is 0 Å². The molecule has 4 rings (SSSR count). The van der Waals surface area contributed by atoms with Gasteiger partial charge in [0.2, 0.25) is 0 Å². The van der Waals surface area contributed by atoms with E-state index in [1.54, 1.807) is 49.1 Å². The second-order valence-electron chi connectivity index (χ2n) is 10.5. The molecule has 1 amide bonds. The van der Waals surface area contributed by atoms with Crippen LogP contribution in [0.25, 0.3) is 22.2 Å². The Labute approximate surface area is 244 Å². The molecule has 3 aromatic rings. The van der Waals surface area contributed by atoms with Gasteiger partial charge in [-0.05, 0) is 48.9 Å². The Morgan fingerprint density at radius 3 is 2.74 bits per heavy atom. The average molecular weight is 584 g/mol. The summed E-state index contributed by atoms with van der Waals surface area (Å²) in [6.45, 7) is 4.82. The summed E-state index contributed by atoms with van der Waals surface area (Å²) in [5, 5.41) is 15.5. The van der Waals surface area contributed by atoms with Gasteiger partial charge in [-0.25, -0.2) is 9.18 Å². The minimum absolute atomic E-state index is 0.00160. The van der Waals surface area contributed by atoms with Gasteiger partial charge in [0, 0.05) is 52.9 Å². The number of nitriles is 1. The maximum Gasteiger partial charge on any atom is 0.419 e. The second-order valence-corrected chi connectivity index (χ2v) is 10.5. The van der Waals surface area contributed by atoms with Crippen molar-refractivity contribution < 1.29 is 27.8 Å². The van der Waals surface area contributed by atoms with Crippen LogP contribution in [0.1, 0.15) is 12.5 Å². The van der Waals surface area contributed by atoms with Crippen LogP contribution in [0.3, 0.4) is 0 Å². The average Bonchev–Trinajstić information content (AvgIpc) is 3.17. The maximum atomic E-state index is 15.3. The molecular formula is C30H38FN5O6. The summed E-state index contributed by atoms with van der Waals surface area (Å²) in [5.41, 5.74) is 2.68. The number of carbonyl (C=O) groups excluding carboxylic acids is 1. The van der Waals surface area contributed by atoms with E-state index < -0.39 is 29.6 Å². The van der Waals surface area contributed by atoms with Crippen molar-refractivity contribution in [1.29, 1.82) is 5.26 Å². The Hall–Kier alpha value is -3.60. The normalized spacial score (nSPS) is 19.9. The molecule has 0 bridgehead atoms. The van der Waals surface area contributed by atoms with Crippen LogP contribution in [-0.2, 0) is 32.0 Å². The van der Waals surface area contributed by atoms with Crippen LogP contribution in [0.15, 0.2) is 45.6 Å². The van der Waals surface area contributed by atoms with Gasteiger partial charge in [0.1, 0.15) is 18.0 Å². The molecule has 0 unspecified atom stereocenters. The lowest BCUT2D eigenvalue weighted by Crippen LogP contribution is -2.46. The van der Waals surface area contributed by atoms with Crippen LogP contribution in [-0.4, -0.2) is 93.8 Å². The Morgan fingerprint density at radius 1 is 1.26 bits per heavy atom. The number of nitrogens with one attached hydrogen (secondary N) is 2. The first-order valence-corrected chi connectivity index (χ1v) is 13.9. The van der Waals surface area contributed by atoms with E-state index in [9.17, 15) is 14.9 Å². The molecule has 4 atom stereocenters. The maximum absolute atomic E-state index is 15.3. The van der Waals surface area contributed by atoms with Gasteiger partial charge in [0.05, 0.1) is 30.9 Å². The fraction of sp³-hybridized carbons (Fsp3) is 0.500.